The van der Waals surface area contributed by atoms with Crippen molar-refractivity contribution < 1.29 is 20.6 Å². The van der Waals surface area contributed by atoms with Crippen LogP contribution in [0.3, 0.4) is 0 Å². The first kappa shape index (κ1) is 24.0. The molecular weight excluding hydrogens is 533 g/mol. The number of fused-ring (bicyclic) bond motifs is 3. The van der Waals surface area contributed by atoms with Crippen LogP contribution in [0.2, 0.25) is 13.1 Å². The summed E-state index contributed by atoms with van der Waals surface area (Å²) < 4.78 is 4.31. The molecule has 2 nitrogen and oxygen atoms in total. The molecule has 0 atom stereocenters. The number of nitrogens with one attached hydrogen (secondary N) is 1. The Bertz CT molecular complexity index is 1220. The van der Waals surface area contributed by atoms with Crippen LogP contribution < -0.4 is 6.53 Å². The number of halogens is 2. The fourth-order valence-corrected chi connectivity index (χ4v) is 22.2. The Morgan fingerprint density at radius 1 is 0.938 bits per heavy atom. The van der Waals surface area contributed by atoms with E-state index >= 15 is 0 Å². The molecule has 0 aliphatic heterocycles. The normalized spacial score (nSPS) is 14.4. The van der Waals surface area contributed by atoms with Gasteiger partial charge < -0.3 is 0 Å². The molecule has 4 rings (SSSR count). The molecule has 0 heterocycles. The number of rotatable bonds is 4. The zero-order chi connectivity index (χ0) is 23.3. The van der Waals surface area contributed by atoms with Gasteiger partial charge in [0.05, 0.1) is 0 Å². The second-order valence-corrected chi connectivity index (χ2v) is 49.9. The van der Waals surface area contributed by atoms with Gasteiger partial charge in [0.25, 0.3) is 0 Å². The van der Waals surface area contributed by atoms with Gasteiger partial charge in [-0.2, -0.15) is 0 Å². The van der Waals surface area contributed by atoms with Crippen LogP contribution in [-0.4, -0.2) is 11.8 Å². The van der Waals surface area contributed by atoms with Gasteiger partial charge in [-0.15, -0.1) is 0 Å². The summed E-state index contributed by atoms with van der Waals surface area (Å²) in [5.74, 6) is -1.86. The van der Waals surface area contributed by atoms with Crippen LogP contribution in [0.4, 0.5) is 0 Å². The molecule has 0 spiro atoms. The van der Waals surface area contributed by atoms with Crippen molar-refractivity contribution in [2.24, 2.45) is 0 Å². The van der Waals surface area contributed by atoms with E-state index in [9.17, 15) is 4.79 Å². The molecule has 0 radical (unpaired) electrons. The van der Waals surface area contributed by atoms with Gasteiger partial charge in [0.15, 0.2) is 0 Å². The van der Waals surface area contributed by atoms with Crippen LogP contribution in [0.25, 0.3) is 11.1 Å². The van der Waals surface area contributed by atoms with Crippen LogP contribution in [0.1, 0.15) is 47.8 Å². The van der Waals surface area contributed by atoms with E-state index < -0.39 is 21.8 Å². The van der Waals surface area contributed by atoms with E-state index in [0.29, 0.717) is 5.56 Å². The molecule has 3 aromatic carbocycles. The van der Waals surface area contributed by atoms with Crippen molar-refractivity contribution in [1.82, 2.24) is 3.26 Å². The maximum absolute atomic E-state index is 13.5. The van der Waals surface area contributed by atoms with Crippen LogP contribution in [0.5, 0.6) is 0 Å². The summed E-state index contributed by atoms with van der Waals surface area (Å²) in [6, 6.07) is 22.5. The molecular formula is C26H30Cl2NOSiZr. The van der Waals surface area contributed by atoms with Gasteiger partial charge in [0, 0.05) is 0 Å². The summed E-state index contributed by atoms with van der Waals surface area (Å²) in [4.78, 5) is 13.5. The Kier molecular flexibility index (Phi) is 6.16. The molecule has 0 aromatic heterocycles. The minimum absolute atomic E-state index is 0.0466. The minimum atomic E-state index is -4.85. The fraction of sp³-hybridized carbons (Fsp3) is 0.269. The van der Waals surface area contributed by atoms with Crippen LogP contribution in [-0.2, 0) is 27.7 Å². The predicted molar refractivity (Wildman–Crippen MR) is 138 cm³/mol. The quantitative estimate of drug-likeness (QED) is 0.283. The first-order valence-corrected chi connectivity index (χ1v) is 27.1. The SMILES string of the molecule is C[SiH](C)[Zr]([Cl])([Cl])([NH]C(=O)c1cccc(C(C)(C)C)c1)[c]1cccc2c1Cc1ccccc1-2. The van der Waals surface area contributed by atoms with Crippen LogP contribution >= 0.6 is 17.0 Å². The summed E-state index contributed by atoms with van der Waals surface area (Å²) in [5.41, 5.74) is 6.59. The van der Waals surface area contributed by atoms with E-state index in [-0.39, 0.29) is 11.3 Å². The van der Waals surface area contributed by atoms with Crippen molar-refractivity contribution in [1.29, 1.82) is 0 Å². The molecule has 0 bridgehead atoms. The Morgan fingerprint density at radius 3 is 2.28 bits per heavy atom. The van der Waals surface area contributed by atoms with Crippen molar-refractivity contribution in [2.75, 3.05) is 0 Å². The van der Waals surface area contributed by atoms with Gasteiger partial charge in [-0.25, -0.2) is 0 Å². The fourth-order valence-electron chi connectivity index (χ4n) is 4.52. The van der Waals surface area contributed by atoms with Crippen LogP contribution in [0, 0.1) is 0 Å². The van der Waals surface area contributed by atoms with Gasteiger partial charge in [-0.05, 0) is 0 Å². The van der Waals surface area contributed by atoms with E-state index in [1.165, 1.54) is 22.3 Å². The van der Waals surface area contributed by atoms with Crippen molar-refractivity contribution in [3.8, 4) is 11.1 Å². The Balaban J connectivity index is 1.79. The summed E-state index contributed by atoms with van der Waals surface area (Å²) >= 11 is -4.85. The number of carbonyl (C=O) groups is 1. The summed E-state index contributed by atoms with van der Waals surface area (Å²) in [5, 5.41) is 0. The van der Waals surface area contributed by atoms with E-state index in [1.807, 2.05) is 24.3 Å². The first-order valence-electron chi connectivity index (χ1n) is 11.1. The molecule has 3 aromatic rings. The molecule has 0 saturated heterocycles. The van der Waals surface area contributed by atoms with Gasteiger partial charge in [0.1, 0.15) is 0 Å². The number of benzene rings is 3. The molecule has 1 amide bonds. The monoisotopic (exact) mass is 560 g/mol. The number of hydrogen-bond donors (Lipinski definition) is 1. The van der Waals surface area contributed by atoms with Gasteiger partial charge >= 0.3 is 202 Å². The average molecular weight is 563 g/mol. The van der Waals surface area contributed by atoms with Gasteiger partial charge in [0.2, 0.25) is 0 Å². The van der Waals surface area contributed by atoms with Gasteiger partial charge in [-0.3, -0.25) is 0 Å². The second kappa shape index (κ2) is 8.24. The summed E-state index contributed by atoms with van der Waals surface area (Å²) in [6.07, 6.45) is 0.807. The summed E-state index contributed by atoms with van der Waals surface area (Å²) in [6.45, 7) is 10.8. The average Bonchev–Trinajstić information content (AvgIpc) is 3.11. The number of hydrogen-bond acceptors (Lipinski definition) is 1. The third-order valence-electron chi connectivity index (χ3n) is 6.69. The summed E-state index contributed by atoms with van der Waals surface area (Å²) in [7, 11) is 15.1. The number of carbonyl (C=O) groups excluding carboxylic acids is 1. The van der Waals surface area contributed by atoms with Crippen molar-refractivity contribution in [2.45, 2.75) is 45.7 Å². The first-order chi connectivity index (χ1) is 14.9. The van der Waals surface area contributed by atoms with Crippen molar-refractivity contribution >= 4 is 32.1 Å². The topological polar surface area (TPSA) is 29.1 Å². The third-order valence-corrected chi connectivity index (χ3v) is 50.6. The molecule has 0 fully saturated rings. The van der Waals surface area contributed by atoms with E-state index in [1.54, 1.807) is 0 Å². The standard InChI is InChI=1S/C13H9.C11H15NO.C2H7Si.2ClH.Zr/c1-3-7-12-10(5-1)9-11-6-2-4-8-13(11)12;1-11(2,3)9-6-4-5-8(7-9)10(12)13;1-3-2;;;/h1-5,7-8H,9H2;4-7H,1-3H3,(H2,12,13);3H,1-2H3;2*1H;/q;;;;;+3/p-3. The Labute approximate surface area is 200 Å². The molecule has 167 valence electrons. The molecule has 6 heteroatoms. The van der Waals surface area contributed by atoms with Crippen molar-refractivity contribution in [3.05, 3.63) is 89.0 Å². The molecule has 1 N–H and O–H groups in total. The molecule has 1 aliphatic rings. The van der Waals surface area contributed by atoms with E-state index in [4.69, 9.17) is 17.0 Å². The Morgan fingerprint density at radius 2 is 1.59 bits per heavy atom. The van der Waals surface area contributed by atoms with Crippen LogP contribution in [0.15, 0.2) is 66.7 Å². The van der Waals surface area contributed by atoms with Crippen molar-refractivity contribution in [3.63, 3.8) is 0 Å². The zero-order valence-electron chi connectivity index (χ0n) is 19.3. The predicted octanol–water partition coefficient (Wildman–Crippen LogP) is 6.51. The molecule has 32 heavy (non-hydrogen) atoms. The zero-order valence-corrected chi connectivity index (χ0v) is 24.4. The second-order valence-electron chi connectivity index (χ2n) is 10.2. The molecule has 0 saturated carbocycles. The molecule has 1 aliphatic carbocycles. The maximum atomic E-state index is 13.5. The number of amides is 1. The molecule has 0 unspecified atom stereocenters. The van der Waals surface area contributed by atoms with Gasteiger partial charge in [-0.1, -0.05) is 0 Å². The third kappa shape index (κ3) is 4.09. The van der Waals surface area contributed by atoms with E-state index in [2.05, 4.69) is 79.6 Å². The Hall–Kier alpha value is -1.19. The van der Waals surface area contributed by atoms with E-state index in [0.717, 1.165) is 15.3 Å².